The molecule has 0 amide bonds. The topological polar surface area (TPSA) is 15.3 Å². The Morgan fingerprint density at radius 1 is 1.31 bits per heavy atom. The first kappa shape index (κ1) is 13.7. The van der Waals surface area contributed by atoms with E-state index < -0.39 is 0 Å². The van der Waals surface area contributed by atoms with Crippen LogP contribution >= 0.6 is 0 Å². The minimum atomic E-state index is 0.634. The van der Waals surface area contributed by atoms with Gasteiger partial charge >= 0.3 is 0 Å². The summed E-state index contributed by atoms with van der Waals surface area (Å²) in [5.41, 5.74) is 1.57. The third-order valence-electron chi connectivity index (χ3n) is 3.22. The van der Waals surface area contributed by atoms with Crippen LogP contribution in [-0.2, 0) is 0 Å². The van der Waals surface area contributed by atoms with Gasteiger partial charge in [0.1, 0.15) is 0 Å². The van der Waals surface area contributed by atoms with Crippen molar-refractivity contribution in [2.24, 2.45) is 0 Å². The lowest BCUT2D eigenvalue weighted by molar-refractivity contribution is 0.286. The van der Waals surface area contributed by atoms with Gasteiger partial charge in [-0.15, -0.1) is 0 Å². The number of nitrogens with zero attached hydrogens (tertiary/aromatic N) is 1. The molecular weight excluding hydrogens is 196 g/mol. The Bertz CT molecular complexity index is 209. The van der Waals surface area contributed by atoms with Gasteiger partial charge in [-0.25, -0.2) is 0 Å². The quantitative estimate of drug-likeness (QED) is 0.528. The van der Waals surface area contributed by atoms with Gasteiger partial charge in [0, 0.05) is 19.1 Å². The van der Waals surface area contributed by atoms with Crippen molar-refractivity contribution in [3.8, 4) is 0 Å². The van der Waals surface area contributed by atoms with E-state index in [1.54, 1.807) is 5.57 Å². The Morgan fingerprint density at radius 3 is 2.75 bits per heavy atom. The van der Waals surface area contributed by atoms with Gasteiger partial charge in [0.15, 0.2) is 0 Å². The van der Waals surface area contributed by atoms with Crippen LogP contribution in [0.1, 0.15) is 46.5 Å². The van der Waals surface area contributed by atoms with E-state index in [-0.39, 0.29) is 0 Å². The monoisotopic (exact) mass is 224 g/mol. The third kappa shape index (κ3) is 6.29. The molecule has 0 fully saturated rings. The first-order chi connectivity index (χ1) is 7.68. The Labute approximate surface area is 101 Å². The molecule has 94 valence electrons. The summed E-state index contributed by atoms with van der Waals surface area (Å²) in [7, 11) is 0. The summed E-state index contributed by atoms with van der Waals surface area (Å²) >= 11 is 0. The van der Waals surface area contributed by atoms with Crippen molar-refractivity contribution in [3.05, 3.63) is 11.6 Å². The molecule has 1 aliphatic heterocycles. The van der Waals surface area contributed by atoms with E-state index in [0.717, 1.165) is 0 Å². The molecule has 0 radical (unpaired) electrons. The lowest BCUT2D eigenvalue weighted by atomic mass is 10.1. The summed E-state index contributed by atoms with van der Waals surface area (Å²) < 4.78 is 0. The number of unbranched alkanes of at least 4 members (excludes halogenated alkanes) is 2. The highest BCUT2D eigenvalue weighted by atomic mass is 15.1. The number of rotatable bonds is 7. The van der Waals surface area contributed by atoms with Crippen molar-refractivity contribution in [2.45, 2.75) is 52.5 Å². The van der Waals surface area contributed by atoms with Crippen molar-refractivity contribution in [3.63, 3.8) is 0 Å². The maximum absolute atomic E-state index is 3.47. The minimum Gasteiger partial charge on any atom is -0.315 e. The van der Waals surface area contributed by atoms with Crippen LogP contribution < -0.4 is 5.32 Å². The number of hydrogen-bond acceptors (Lipinski definition) is 2. The van der Waals surface area contributed by atoms with Crippen molar-refractivity contribution in [1.29, 1.82) is 0 Å². The maximum Gasteiger partial charge on any atom is 0.0165 e. The molecule has 2 nitrogen and oxygen atoms in total. The standard InChI is InChI=1S/C14H28N2/c1-13(2)15-9-5-4-6-10-16-11-7-14(3)8-12-16/h7,13,15H,4-6,8-12H2,1-3H3. The van der Waals surface area contributed by atoms with Crippen LogP contribution in [0.25, 0.3) is 0 Å². The van der Waals surface area contributed by atoms with Crippen molar-refractivity contribution < 1.29 is 0 Å². The van der Waals surface area contributed by atoms with E-state index in [1.165, 1.54) is 51.9 Å². The molecule has 0 aliphatic carbocycles. The number of hydrogen-bond donors (Lipinski definition) is 1. The Hall–Kier alpha value is -0.340. The van der Waals surface area contributed by atoms with Gasteiger partial charge in [0.05, 0.1) is 0 Å². The summed E-state index contributed by atoms with van der Waals surface area (Å²) in [5, 5.41) is 3.47. The molecule has 0 spiro atoms. The van der Waals surface area contributed by atoms with E-state index in [0.29, 0.717) is 6.04 Å². The number of nitrogens with one attached hydrogen (secondary N) is 1. The van der Waals surface area contributed by atoms with Gasteiger partial charge in [0.25, 0.3) is 0 Å². The van der Waals surface area contributed by atoms with Crippen LogP contribution in [0.5, 0.6) is 0 Å². The molecule has 0 unspecified atom stereocenters. The van der Waals surface area contributed by atoms with Crippen molar-refractivity contribution in [1.82, 2.24) is 10.2 Å². The van der Waals surface area contributed by atoms with E-state index in [2.05, 4.69) is 37.1 Å². The summed E-state index contributed by atoms with van der Waals surface area (Å²) in [5.74, 6) is 0. The average molecular weight is 224 g/mol. The summed E-state index contributed by atoms with van der Waals surface area (Å²) in [6, 6.07) is 0.634. The van der Waals surface area contributed by atoms with Gasteiger partial charge in [-0.2, -0.15) is 0 Å². The second-order valence-electron chi connectivity index (χ2n) is 5.27. The molecule has 0 aromatic rings. The average Bonchev–Trinajstić information content (AvgIpc) is 2.25. The lowest BCUT2D eigenvalue weighted by Gasteiger charge is -2.25. The van der Waals surface area contributed by atoms with Gasteiger partial charge in [0.2, 0.25) is 0 Å². The highest BCUT2D eigenvalue weighted by molar-refractivity contribution is 5.03. The molecule has 1 rings (SSSR count). The van der Waals surface area contributed by atoms with E-state index in [9.17, 15) is 0 Å². The maximum atomic E-state index is 3.47. The van der Waals surface area contributed by atoms with Crippen molar-refractivity contribution >= 4 is 0 Å². The largest absolute Gasteiger partial charge is 0.315 e. The fourth-order valence-electron chi connectivity index (χ4n) is 2.04. The van der Waals surface area contributed by atoms with Crippen LogP contribution in [0.4, 0.5) is 0 Å². The Balaban J connectivity index is 1.92. The molecule has 0 saturated heterocycles. The lowest BCUT2D eigenvalue weighted by Crippen LogP contribution is -2.29. The van der Waals surface area contributed by atoms with Crippen LogP contribution in [-0.4, -0.2) is 37.1 Å². The van der Waals surface area contributed by atoms with Crippen LogP contribution in [0, 0.1) is 0 Å². The van der Waals surface area contributed by atoms with Gasteiger partial charge < -0.3 is 5.32 Å². The first-order valence-electron chi connectivity index (χ1n) is 6.80. The van der Waals surface area contributed by atoms with Gasteiger partial charge in [-0.3, -0.25) is 4.90 Å². The summed E-state index contributed by atoms with van der Waals surface area (Å²) in [6.07, 6.45) is 7.69. The fraction of sp³-hybridized carbons (Fsp3) is 0.857. The van der Waals surface area contributed by atoms with Crippen LogP contribution in [0.15, 0.2) is 11.6 Å². The Kier molecular flexibility index (Phi) is 6.74. The van der Waals surface area contributed by atoms with E-state index in [1.807, 2.05) is 0 Å². The zero-order chi connectivity index (χ0) is 11.8. The summed E-state index contributed by atoms with van der Waals surface area (Å²) in [4.78, 5) is 2.57. The minimum absolute atomic E-state index is 0.634. The molecule has 1 N–H and O–H groups in total. The molecule has 0 aromatic carbocycles. The second-order valence-corrected chi connectivity index (χ2v) is 5.27. The Morgan fingerprint density at radius 2 is 2.12 bits per heavy atom. The highest BCUT2D eigenvalue weighted by Crippen LogP contribution is 2.10. The third-order valence-corrected chi connectivity index (χ3v) is 3.22. The molecule has 16 heavy (non-hydrogen) atoms. The predicted octanol–water partition coefficient (Wildman–Crippen LogP) is 2.81. The van der Waals surface area contributed by atoms with E-state index >= 15 is 0 Å². The molecule has 0 aromatic heterocycles. The van der Waals surface area contributed by atoms with E-state index in [4.69, 9.17) is 0 Å². The molecule has 1 heterocycles. The fourth-order valence-corrected chi connectivity index (χ4v) is 2.04. The zero-order valence-electron chi connectivity index (χ0n) is 11.3. The van der Waals surface area contributed by atoms with Gasteiger partial charge in [-0.1, -0.05) is 31.9 Å². The zero-order valence-corrected chi connectivity index (χ0v) is 11.3. The molecule has 0 saturated carbocycles. The molecule has 1 aliphatic rings. The van der Waals surface area contributed by atoms with Crippen LogP contribution in [0.3, 0.4) is 0 Å². The first-order valence-corrected chi connectivity index (χ1v) is 6.80. The highest BCUT2D eigenvalue weighted by Gasteiger charge is 2.07. The SMILES string of the molecule is CC1=CCN(CCCCCNC(C)C)CC1. The molecule has 2 heteroatoms. The van der Waals surface area contributed by atoms with Gasteiger partial charge in [-0.05, 0) is 39.3 Å². The molecule has 0 bridgehead atoms. The van der Waals surface area contributed by atoms with Crippen molar-refractivity contribution in [2.75, 3.05) is 26.2 Å². The molecule has 0 atom stereocenters. The second kappa shape index (κ2) is 7.86. The molecular formula is C14H28N2. The smallest absolute Gasteiger partial charge is 0.0165 e. The summed E-state index contributed by atoms with van der Waals surface area (Å²) in [6.45, 7) is 11.6. The van der Waals surface area contributed by atoms with Crippen LogP contribution in [0.2, 0.25) is 0 Å². The normalized spacial score (nSPS) is 17.9. The predicted molar refractivity (Wildman–Crippen MR) is 71.8 cm³/mol.